The molecule has 1 atom stereocenters. The molecule has 1 aliphatic heterocycles. The zero-order valence-electron chi connectivity index (χ0n) is 13.0. The number of carboxylic acid groups (broad SMARTS) is 1. The number of likely N-dealkylation sites (tertiary alicyclic amines) is 1. The Labute approximate surface area is 143 Å². The molecular weight excluding hydrogens is 340 g/mol. The molecule has 2 amide bonds. The lowest BCUT2D eigenvalue weighted by molar-refractivity contribution is -0.143. The van der Waals surface area contributed by atoms with Crippen molar-refractivity contribution in [3.63, 3.8) is 0 Å². The summed E-state index contributed by atoms with van der Waals surface area (Å²) in [5.41, 5.74) is 0.439. The summed E-state index contributed by atoms with van der Waals surface area (Å²) >= 11 is 6.04. The van der Waals surface area contributed by atoms with Crippen molar-refractivity contribution in [2.75, 3.05) is 32.1 Å². The minimum Gasteiger partial charge on any atom is -0.481 e. The molecule has 0 saturated carbocycles. The first kappa shape index (κ1) is 17.9. The highest BCUT2D eigenvalue weighted by atomic mass is 35.5. The van der Waals surface area contributed by atoms with Gasteiger partial charge in [0.1, 0.15) is 5.75 Å². The number of nitrogens with one attached hydrogen (secondary N) is 1. The Bertz CT molecular complexity index is 651. The number of halogens is 1. The quantitative estimate of drug-likeness (QED) is 0.780. The maximum atomic E-state index is 12.1. The van der Waals surface area contributed by atoms with Crippen molar-refractivity contribution in [1.82, 2.24) is 4.90 Å². The summed E-state index contributed by atoms with van der Waals surface area (Å²) in [6.45, 7) is 0.290. The number of anilines is 1. The van der Waals surface area contributed by atoms with Gasteiger partial charge < -0.3 is 24.8 Å². The van der Waals surface area contributed by atoms with Crippen molar-refractivity contribution >= 4 is 35.3 Å². The van der Waals surface area contributed by atoms with Crippen LogP contribution in [-0.4, -0.2) is 54.8 Å². The number of hydrogen-bond donors (Lipinski definition) is 2. The van der Waals surface area contributed by atoms with Crippen molar-refractivity contribution in [2.24, 2.45) is 5.92 Å². The van der Waals surface area contributed by atoms with Crippen LogP contribution in [-0.2, 0) is 14.3 Å². The molecule has 1 unspecified atom stereocenters. The van der Waals surface area contributed by atoms with Gasteiger partial charge in [0.15, 0.2) is 6.61 Å². The van der Waals surface area contributed by atoms with Crippen LogP contribution in [0.25, 0.3) is 0 Å². The molecule has 1 aliphatic rings. The van der Waals surface area contributed by atoms with E-state index in [9.17, 15) is 14.4 Å². The van der Waals surface area contributed by atoms with Crippen molar-refractivity contribution < 1.29 is 29.0 Å². The van der Waals surface area contributed by atoms with Gasteiger partial charge in [-0.2, -0.15) is 0 Å². The Balaban J connectivity index is 1.93. The van der Waals surface area contributed by atoms with Crippen LogP contribution in [0.15, 0.2) is 18.2 Å². The predicted octanol–water partition coefficient (Wildman–Crippen LogP) is 1.83. The van der Waals surface area contributed by atoms with Crippen LogP contribution in [0.3, 0.4) is 0 Å². The Morgan fingerprint density at radius 2 is 2.17 bits per heavy atom. The van der Waals surface area contributed by atoms with Gasteiger partial charge in [-0.25, -0.2) is 9.59 Å². The number of urea groups is 1. The van der Waals surface area contributed by atoms with Crippen molar-refractivity contribution in [3.05, 3.63) is 23.2 Å². The van der Waals surface area contributed by atoms with Gasteiger partial charge in [0.2, 0.25) is 0 Å². The third-order valence-electron chi connectivity index (χ3n) is 3.58. The van der Waals surface area contributed by atoms with E-state index < -0.39 is 23.9 Å². The summed E-state index contributed by atoms with van der Waals surface area (Å²) in [4.78, 5) is 35.5. The van der Waals surface area contributed by atoms with E-state index >= 15 is 0 Å². The van der Waals surface area contributed by atoms with E-state index in [2.05, 4.69) is 10.1 Å². The van der Waals surface area contributed by atoms with Gasteiger partial charge in [-0.3, -0.25) is 4.79 Å². The topological polar surface area (TPSA) is 105 Å². The molecule has 1 aromatic rings. The number of amides is 2. The summed E-state index contributed by atoms with van der Waals surface area (Å²) in [6.07, 6.45) is 0.434. The summed E-state index contributed by atoms with van der Waals surface area (Å²) in [5.74, 6) is -1.69. The van der Waals surface area contributed by atoms with Crippen LogP contribution in [0.2, 0.25) is 5.02 Å². The first-order valence-corrected chi connectivity index (χ1v) is 7.56. The molecule has 2 N–H and O–H groups in total. The van der Waals surface area contributed by atoms with Gasteiger partial charge >= 0.3 is 18.0 Å². The molecule has 2 rings (SSSR count). The number of ether oxygens (including phenoxy) is 2. The van der Waals surface area contributed by atoms with E-state index in [-0.39, 0.29) is 23.9 Å². The van der Waals surface area contributed by atoms with Crippen LogP contribution in [0.1, 0.15) is 6.42 Å². The fourth-order valence-electron chi connectivity index (χ4n) is 2.24. The summed E-state index contributed by atoms with van der Waals surface area (Å²) in [7, 11) is 1.25. The molecule has 1 fully saturated rings. The van der Waals surface area contributed by atoms with E-state index in [1.807, 2.05) is 0 Å². The fraction of sp³-hybridized carbons (Fsp3) is 0.400. The lowest BCUT2D eigenvalue weighted by atomic mass is 10.1. The van der Waals surface area contributed by atoms with Crippen LogP contribution in [0.4, 0.5) is 10.5 Å². The lowest BCUT2D eigenvalue weighted by Gasteiger charge is -2.17. The highest BCUT2D eigenvalue weighted by Gasteiger charge is 2.30. The zero-order valence-corrected chi connectivity index (χ0v) is 13.7. The molecule has 0 radical (unpaired) electrons. The molecule has 8 nitrogen and oxygen atoms in total. The fourth-order valence-corrected chi connectivity index (χ4v) is 2.48. The van der Waals surface area contributed by atoms with Gasteiger partial charge in [-0.05, 0) is 24.6 Å². The highest BCUT2D eigenvalue weighted by molar-refractivity contribution is 6.32. The SMILES string of the molecule is COC(=O)COc1ccc(NC(=O)N2CCC(C(=O)O)C2)cc1Cl. The molecule has 0 aromatic heterocycles. The third kappa shape index (κ3) is 4.51. The number of benzene rings is 1. The second kappa shape index (κ2) is 7.87. The molecule has 9 heteroatoms. The van der Waals surface area contributed by atoms with E-state index in [4.69, 9.17) is 21.4 Å². The summed E-state index contributed by atoms with van der Waals surface area (Å²) < 4.78 is 9.65. The Kier molecular flexibility index (Phi) is 5.86. The molecule has 1 saturated heterocycles. The zero-order chi connectivity index (χ0) is 17.7. The van der Waals surface area contributed by atoms with Crippen LogP contribution in [0, 0.1) is 5.92 Å². The van der Waals surface area contributed by atoms with E-state index in [0.717, 1.165) is 0 Å². The number of rotatable bonds is 5. The molecule has 24 heavy (non-hydrogen) atoms. The van der Waals surface area contributed by atoms with Crippen LogP contribution >= 0.6 is 11.6 Å². The Hall–Kier alpha value is -2.48. The molecule has 0 spiro atoms. The third-order valence-corrected chi connectivity index (χ3v) is 3.88. The number of carbonyl (C=O) groups excluding carboxylic acids is 2. The Morgan fingerprint density at radius 3 is 2.75 bits per heavy atom. The number of hydrogen-bond acceptors (Lipinski definition) is 5. The monoisotopic (exact) mass is 356 g/mol. The van der Waals surface area contributed by atoms with Crippen LogP contribution in [0.5, 0.6) is 5.75 Å². The standard InChI is InChI=1S/C15H17ClN2O6/c1-23-13(19)8-24-12-3-2-10(6-11(12)16)17-15(22)18-5-4-9(7-18)14(20)21/h2-3,6,9H,4-5,7-8H2,1H3,(H,17,22)(H,20,21). The van der Waals surface area contributed by atoms with E-state index in [1.54, 1.807) is 6.07 Å². The highest BCUT2D eigenvalue weighted by Crippen LogP contribution is 2.28. The first-order valence-electron chi connectivity index (χ1n) is 7.18. The molecular formula is C15H17ClN2O6. The maximum absolute atomic E-state index is 12.1. The average Bonchev–Trinajstić information content (AvgIpc) is 3.04. The van der Waals surface area contributed by atoms with E-state index in [1.165, 1.54) is 24.1 Å². The molecule has 130 valence electrons. The number of aliphatic carboxylic acids is 1. The number of esters is 1. The molecule has 0 aliphatic carbocycles. The minimum absolute atomic E-state index is 0.176. The second-order valence-corrected chi connectivity index (χ2v) is 5.62. The number of carboxylic acids is 1. The van der Waals surface area contributed by atoms with Gasteiger partial charge in [0.25, 0.3) is 0 Å². The normalized spacial score (nSPS) is 16.6. The number of nitrogens with zero attached hydrogens (tertiary/aromatic N) is 1. The predicted molar refractivity (Wildman–Crippen MR) is 85.3 cm³/mol. The molecule has 1 heterocycles. The maximum Gasteiger partial charge on any atom is 0.343 e. The number of methoxy groups -OCH3 is 1. The Morgan fingerprint density at radius 1 is 1.42 bits per heavy atom. The van der Waals surface area contributed by atoms with Crippen molar-refractivity contribution in [3.8, 4) is 5.75 Å². The summed E-state index contributed by atoms with van der Waals surface area (Å²) in [5, 5.41) is 11.8. The molecule has 0 bridgehead atoms. The first-order chi connectivity index (χ1) is 11.4. The van der Waals surface area contributed by atoms with Gasteiger partial charge in [-0.15, -0.1) is 0 Å². The van der Waals surface area contributed by atoms with E-state index in [0.29, 0.717) is 18.7 Å². The van der Waals surface area contributed by atoms with Crippen LogP contribution < -0.4 is 10.1 Å². The summed E-state index contributed by atoms with van der Waals surface area (Å²) in [6, 6.07) is 4.18. The van der Waals surface area contributed by atoms with Crippen molar-refractivity contribution in [1.29, 1.82) is 0 Å². The largest absolute Gasteiger partial charge is 0.481 e. The average molecular weight is 357 g/mol. The second-order valence-electron chi connectivity index (χ2n) is 5.21. The van der Waals surface area contributed by atoms with Gasteiger partial charge in [-0.1, -0.05) is 11.6 Å². The molecule has 1 aromatic carbocycles. The number of carbonyl (C=O) groups is 3. The minimum atomic E-state index is -0.902. The van der Waals surface area contributed by atoms with Gasteiger partial charge in [0.05, 0.1) is 18.1 Å². The lowest BCUT2D eigenvalue weighted by Crippen LogP contribution is -2.33. The van der Waals surface area contributed by atoms with Gasteiger partial charge in [0, 0.05) is 18.8 Å². The smallest absolute Gasteiger partial charge is 0.343 e. The van der Waals surface area contributed by atoms with Crippen molar-refractivity contribution in [2.45, 2.75) is 6.42 Å².